The first kappa shape index (κ1) is 16.6. The zero-order valence-electron chi connectivity index (χ0n) is 13.3. The summed E-state index contributed by atoms with van der Waals surface area (Å²) >= 11 is 1.26. The van der Waals surface area contributed by atoms with Crippen LogP contribution in [0.25, 0.3) is 16.6 Å². The molecule has 0 radical (unpaired) electrons. The third-order valence-corrected chi connectivity index (χ3v) is 4.58. The van der Waals surface area contributed by atoms with Crippen LogP contribution in [-0.2, 0) is 0 Å². The lowest BCUT2D eigenvalue weighted by Gasteiger charge is -2.11. The number of hydrogen-bond donors (Lipinski definition) is 2. The number of fused-ring (bicyclic) bond motifs is 1. The molecule has 3 rings (SSSR count). The lowest BCUT2D eigenvalue weighted by atomic mass is 10.2. The Hall–Kier alpha value is -3.29. The van der Waals surface area contributed by atoms with E-state index in [9.17, 15) is 10.4 Å². The number of thioether (sulfide) groups is 1. The molecule has 1 aromatic carbocycles. The van der Waals surface area contributed by atoms with Crippen molar-refractivity contribution in [1.82, 2.24) is 15.0 Å². The number of aliphatic hydroxyl groups is 1. The minimum absolute atomic E-state index is 0.0873. The van der Waals surface area contributed by atoms with Crippen molar-refractivity contribution in [2.24, 2.45) is 0 Å². The van der Waals surface area contributed by atoms with Gasteiger partial charge in [-0.2, -0.15) is 10.5 Å². The highest BCUT2D eigenvalue weighted by Gasteiger charge is 2.19. The number of benzene rings is 1. The standard InChI is InChI=1S/C18H13N5OS/c1-11(25-16-8-12(9-19)6-7-21-16)17(24)13(10-20)18-22-14-4-2-3-5-15(14)23-18/h2-8,11,24H,1H3,(H,22,23)/t11-/m0/s1. The Kier molecular flexibility index (Phi) is 4.69. The molecule has 1 atom stereocenters. The Bertz CT molecular complexity index is 1010. The zero-order chi connectivity index (χ0) is 17.8. The molecule has 0 amide bonds. The van der Waals surface area contributed by atoms with Crippen LogP contribution >= 0.6 is 11.8 Å². The molecular weight excluding hydrogens is 334 g/mol. The van der Waals surface area contributed by atoms with E-state index in [4.69, 9.17) is 5.26 Å². The van der Waals surface area contributed by atoms with Gasteiger partial charge in [-0.05, 0) is 31.2 Å². The zero-order valence-corrected chi connectivity index (χ0v) is 14.1. The van der Waals surface area contributed by atoms with E-state index in [2.05, 4.69) is 15.0 Å². The summed E-state index contributed by atoms with van der Waals surface area (Å²) in [7, 11) is 0. The van der Waals surface area contributed by atoms with Crippen LogP contribution in [0.4, 0.5) is 0 Å². The number of allylic oxidation sites excluding steroid dienone is 1. The second kappa shape index (κ2) is 7.08. The predicted molar refractivity (Wildman–Crippen MR) is 95.5 cm³/mol. The van der Waals surface area contributed by atoms with Gasteiger partial charge in [-0.25, -0.2) is 9.97 Å². The van der Waals surface area contributed by atoms with E-state index in [1.54, 1.807) is 25.3 Å². The molecule has 0 unspecified atom stereocenters. The number of nitrogens with one attached hydrogen (secondary N) is 1. The molecule has 122 valence electrons. The normalized spacial score (nSPS) is 12.9. The van der Waals surface area contributed by atoms with Crippen LogP contribution in [0.2, 0.25) is 0 Å². The first-order chi connectivity index (χ1) is 12.1. The molecule has 0 aliphatic rings. The third kappa shape index (κ3) is 3.47. The van der Waals surface area contributed by atoms with Crippen molar-refractivity contribution in [3.8, 4) is 12.1 Å². The van der Waals surface area contributed by atoms with E-state index in [1.807, 2.05) is 36.4 Å². The van der Waals surface area contributed by atoms with Crippen molar-refractivity contribution in [2.45, 2.75) is 17.2 Å². The lowest BCUT2D eigenvalue weighted by molar-refractivity contribution is 0.402. The van der Waals surface area contributed by atoms with Crippen LogP contribution in [0.15, 0.2) is 53.4 Å². The second-order valence-electron chi connectivity index (χ2n) is 5.23. The predicted octanol–water partition coefficient (Wildman–Crippen LogP) is 3.80. The molecule has 7 heteroatoms. The minimum atomic E-state index is -0.427. The summed E-state index contributed by atoms with van der Waals surface area (Å²) in [5.41, 5.74) is 2.10. The highest BCUT2D eigenvalue weighted by Crippen LogP contribution is 2.29. The van der Waals surface area contributed by atoms with Gasteiger partial charge in [0.25, 0.3) is 0 Å². The van der Waals surface area contributed by atoms with E-state index >= 15 is 0 Å². The number of hydrogen-bond acceptors (Lipinski definition) is 6. The summed E-state index contributed by atoms with van der Waals surface area (Å²) in [5.74, 6) is 0.239. The summed E-state index contributed by atoms with van der Waals surface area (Å²) in [6.45, 7) is 1.76. The average molecular weight is 347 g/mol. The molecule has 0 saturated carbocycles. The topological polar surface area (TPSA) is 109 Å². The average Bonchev–Trinajstić information content (AvgIpc) is 3.06. The van der Waals surface area contributed by atoms with Crippen LogP contribution in [0.3, 0.4) is 0 Å². The molecule has 2 aromatic heterocycles. The number of nitrogens with zero attached hydrogens (tertiary/aromatic N) is 4. The fraction of sp³-hybridized carbons (Fsp3) is 0.111. The molecule has 0 bridgehead atoms. The number of imidazole rings is 1. The van der Waals surface area contributed by atoms with Gasteiger partial charge in [0.2, 0.25) is 0 Å². The highest BCUT2D eigenvalue weighted by atomic mass is 32.2. The van der Waals surface area contributed by atoms with Gasteiger partial charge in [0.15, 0.2) is 5.82 Å². The summed E-state index contributed by atoms with van der Waals surface area (Å²) in [6.07, 6.45) is 1.54. The van der Waals surface area contributed by atoms with Gasteiger partial charge < -0.3 is 10.1 Å². The number of rotatable bonds is 4. The fourth-order valence-electron chi connectivity index (χ4n) is 2.29. The number of aliphatic hydroxyl groups excluding tert-OH is 1. The molecular formula is C18H13N5OS. The maximum atomic E-state index is 10.5. The van der Waals surface area contributed by atoms with Crippen molar-refractivity contribution < 1.29 is 5.11 Å². The van der Waals surface area contributed by atoms with Crippen molar-refractivity contribution in [3.05, 3.63) is 59.7 Å². The first-order valence-corrected chi connectivity index (χ1v) is 8.31. The summed E-state index contributed by atoms with van der Waals surface area (Å²) in [6, 6.07) is 14.7. The first-order valence-electron chi connectivity index (χ1n) is 7.43. The highest BCUT2D eigenvalue weighted by molar-refractivity contribution is 8.00. The molecule has 2 heterocycles. The monoisotopic (exact) mass is 347 g/mol. The molecule has 6 nitrogen and oxygen atoms in total. The van der Waals surface area contributed by atoms with Crippen LogP contribution in [0.5, 0.6) is 0 Å². The van der Waals surface area contributed by atoms with Crippen LogP contribution in [0, 0.1) is 22.7 Å². The fourth-order valence-corrected chi connectivity index (χ4v) is 3.19. The molecule has 0 saturated heterocycles. The molecule has 25 heavy (non-hydrogen) atoms. The van der Waals surface area contributed by atoms with Crippen molar-refractivity contribution in [2.75, 3.05) is 0 Å². The Morgan fingerprint density at radius 2 is 2.08 bits per heavy atom. The van der Waals surface area contributed by atoms with Crippen molar-refractivity contribution in [3.63, 3.8) is 0 Å². The van der Waals surface area contributed by atoms with Crippen LogP contribution in [0.1, 0.15) is 18.3 Å². The summed E-state index contributed by atoms with van der Waals surface area (Å²) in [4.78, 5) is 11.6. The largest absolute Gasteiger partial charge is 0.510 e. The van der Waals surface area contributed by atoms with Gasteiger partial charge in [-0.3, -0.25) is 0 Å². The van der Waals surface area contributed by atoms with Gasteiger partial charge >= 0.3 is 0 Å². The smallest absolute Gasteiger partial charge is 0.152 e. The summed E-state index contributed by atoms with van der Waals surface area (Å²) in [5, 5.41) is 29.1. The number of nitriles is 2. The van der Waals surface area contributed by atoms with Crippen LogP contribution < -0.4 is 0 Å². The number of aromatic amines is 1. The quantitative estimate of drug-likeness (QED) is 0.422. The minimum Gasteiger partial charge on any atom is -0.510 e. The van der Waals surface area contributed by atoms with Gasteiger partial charge in [0, 0.05) is 6.20 Å². The molecule has 3 aromatic rings. The third-order valence-electron chi connectivity index (χ3n) is 3.54. The van der Waals surface area contributed by atoms with Gasteiger partial charge in [-0.1, -0.05) is 23.9 Å². The van der Waals surface area contributed by atoms with Crippen molar-refractivity contribution in [1.29, 1.82) is 10.5 Å². The second-order valence-corrected chi connectivity index (χ2v) is 6.59. The van der Waals surface area contributed by atoms with E-state index in [-0.39, 0.29) is 11.3 Å². The summed E-state index contributed by atoms with van der Waals surface area (Å²) < 4.78 is 0. The van der Waals surface area contributed by atoms with Gasteiger partial charge in [-0.15, -0.1) is 0 Å². The lowest BCUT2D eigenvalue weighted by Crippen LogP contribution is -2.05. The SMILES string of the molecule is C[C@H](Sc1cc(C#N)ccn1)C(O)=C(C#N)c1nc2ccccc2[nH]1. The van der Waals surface area contributed by atoms with Gasteiger partial charge in [0.05, 0.1) is 32.9 Å². The Morgan fingerprint density at radius 3 is 2.80 bits per heavy atom. The Labute approximate surface area is 148 Å². The molecule has 0 aliphatic carbocycles. The van der Waals surface area contributed by atoms with Crippen molar-refractivity contribution >= 4 is 28.4 Å². The van der Waals surface area contributed by atoms with E-state index in [1.165, 1.54) is 11.8 Å². The van der Waals surface area contributed by atoms with Gasteiger partial charge in [0.1, 0.15) is 17.4 Å². The van der Waals surface area contributed by atoms with E-state index < -0.39 is 5.25 Å². The molecule has 0 spiro atoms. The Balaban J connectivity index is 1.92. The number of pyridine rings is 1. The molecule has 0 fully saturated rings. The maximum Gasteiger partial charge on any atom is 0.152 e. The van der Waals surface area contributed by atoms with Crippen LogP contribution in [-0.4, -0.2) is 25.3 Å². The van der Waals surface area contributed by atoms with E-state index in [0.29, 0.717) is 16.4 Å². The maximum absolute atomic E-state index is 10.5. The van der Waals surface area contributed by atoms with E-state index in [0.717, 1.165) is 11.0 Å². The molecule has 2 N–H and O–H groups in total. The number of para-hydroxylation sites is 2. The number of H-pyrrole nitrogens is 1. The molecule has 0 aliphatic heterocycles. The Morgan fingerprint density at radius 1 is 1.28 bits per heavy atom. The number of aromatic nitrogens is 3.